The van der Waals surface area contributed by atoms with Gasteiger partial charge in [0.15, 0.2) is 0 Å². The molecule has 0 aliphatic rings. The van der Waals surface area contributed by atoms with Crippen LogP contribution in [0.5, 0.6) is 0 Å². The van der Waals surface area contributed by atoms with Gasteiger partial charge in [-0.2, -0.15) is 0 Å². The van der Waals surface area contributed by atoms with E-state index < -0.39 is 12.0 Å². The number of carboxylic acids is 1. The van der Waals surface area contributed by atoms with Crippen molar-refractivity contribution in [3.8, 4) is 0 Å². The van der Waals surface area contributed by atoms with Gasteiger partial charge in [0.25, 0.3) is 0 Å². The number of aliphatic carboxylic acids is 1. The van der Waals surface area contributed by atoms with Crippen LogP contribution in [0.1, 0.15) is 32.3 Å². The average molecular weight is 267 g/mol. The van der Waals surface area contributed by atoms with Crippen molar-refractivity contribution in [2.75, 3.05) is 0 Å². The van der Waals surface area contributed by atoms with Gasteiger partial charge in [-0.25, -0.2) is 0 Å². The summed E-state index contributed by atoms with van der Waals surface area (Å²) in [6.07, 6.45) is 2.22. The molecule has 1 aromatic carbocycles. The van der Waals surface area contributed by atoms with Gasteiger partial charge in [-0.1, -0.05) is 26.0 Å². The largest absolute Gasteiger partial charge is 0.480 e. The molecule has 18 heavy (non-hydrogen) atoms. The summed E-state index contributed by atoms with van der Waals surface area (Å²) in [5, 5.41) is 9.26. The minimum atomic E-state index is -0.918. The van der Waals surface area contributed by atoms with Crippen molar-refractivity contribution in [1.82, 2.24) is 0 Å². The summed E-state index contributed by atoms with van der Waals surface area (Å²) in [6, 6.07) is 7.73. The monoisotopic (exact) mass is 267 g/mol. The second kappa shape index (κ2) is 7.44. The summed E-state index contributed by atoms with van der Waals surface area (Å²) < 4.78 is 0. The van der Waals surface area contributed by atoms with Gasteiger partial charge in [0.2, 0.25) is 0 Å². The standard InChI is InChI=1S/C14H21NO2S/c1-10(2)18-12-8-6-11(7-9-12)4-3-5-13(15)14(16)17/h6-10,13H,3-5,15H2,1-2H3,(H,16,17). The second-order valence-electron chi connectivity index (χ2n) is 4.65. The molecule has 1 aromatic rings. The highest BCUT2D eigenvalue weighted by Crippen LogP contribution is 2.23. The number of thioether (sulfide) groups is 1. The molecule has 1 rings (SSSR count). The summed E-state index contributed by atoms with van der Waals surface area (Å²) in [5.41, 5.74) is 6.69. The topological polar surface area (TPSA) is 63.3 Å². The van der Waals surface area contributed by atoms with E-state index in [1.807, 2.05) is 11.8 Å². The van der Waals surface area contributed by atoms with Gasteiger partial charge in [-0.3, -0.25) is 4.79 Å². The van der Waals surface area contributed by atoms with E-state index in [9.17, 15) is 4.79 Å². The van der Waals surface area contributed by atoms with Crippen LogP contribution < -0.4 is 5.73 Å². The lowest BCUT2D eigenvalue weighted by molar-refractivity contribution is -0.138. The zero-order valence-electron chi connectivity index (χ0n) is 10.9. The van der Waals surface area contributed by atoms with Crippen molar-refractivity contribution in [3.05, 3.63) is 29.8 Å². The molecule has 0 bridgehead atoms. The molecule has 1 atom stereocenters. The molecular weight excluding hydrogens is 246 g/mol. The van der Waals surface area contributed by atoms with Crippen LogP contribution in [0.2, 0.25) is 0 Å². The Kier molecular flexibility index (Phi) is 6.22. The van der Waals surface area contributed by atoms with Crippen LogP contribution >= 0.6 is 11.8 Å². The molecule has 4 heteroatoms. The lowest BCUT2D eigenvalue weighted by Crippen LogP contribution is -2.29. The van der Waals surface area contributed by atoms with Crippen molar-refractivity contribution in [3.63, 3.8) is 0 Å². The number of hydrogen-bond donors (Lipinski definition) is 2. The van der Waals surface area contributed by atoms with E-state index in [4.69, 9.17) is 10.8 Å². The third-order valence-electron chi connectivity index (χ3n) is 2.59. The summed E-state index contributed by atoms with van der Waals surface area (Å²) >= 11 is 1.84. The van der Waals surface area contributed by atoms with Crippen LogP contribution in [0.25, 0.3) is 0 Å². The third-order valence-corrected chi connectivity index (χ3v) is 3.61. The molecule has 3 nitrogen and oxygen atoms in total. The molecule has 0 amide bonds. The summed E-state index contributed by atoms with van der Waals surface area (Å²) in [7, 11) is 0. The van der Waals surface area contributed by atoms with E-state index in [0.29, 0.717) is 11.7 Å². The Balaban J connectivity index is 2.37. The van der Waals surface area contributed by atoms with E-state index in [2.05, 4.69) is 38.1 Å². The summed E-state index contributed by atoms with van der Waals surface area (Å²) in [5.74, 6) is -0.918. The van der Waals surface area contributed by atoms with Crippen molar-refractivity contribution < 1.29 is 9.90 Å². The predicted molar refractivity (Wildman–Crippen MR) is 76.0 cm³/mol. The molecular formula is C14H21NO2S. The van der Waals surface area contributed by atoms with Crippen LogP contribution in [0.3, 0.4) is 0 Å². The Hall–Kier alpha value is -1.00. The van der Waals surface area contributed by atoms with E-state index in [1.165, 1.54) is 10.5 Å². The van der Waals surface area contributed by atoms with Gasteiger partial charge >= 0.3 is 5.97 Å². The maximum absolute atomic E-state index is 10.6. The molecule has 0 spiro atoms. The maximum atomic E-state index is 10.6. The number of carbonyl (C=O) groups is 1. The first-order valence-corrected chi connectivity index (χ1v) is 7.11. The van der Waals surface area contributed by atoms with Crippen LogP contribution in [0.15, 0.2) is 29.2 Å². The first-order valence-electron chi connectivity index (χ1n) is 6.23. The molecule has 0 saturated carbocycles. The Morgan fingerprint density at radius 1 is 1.33 bits per heavy atom. The smallest absolute Gasteiger partial charge is 0.320 e. The molecule has 0 aliphatic carbocycles. The van der Waals surface area contributed by atoms with Gasteiger partial charge in [0.05, 0.1) is 0 Å². The van der Waals surface area contributed by atoms with E-state index >= 15 is 0 Å². The quantitative estimate of drug-likeness (QED) is 0.746. The van der Waals surface area contributed by atoms with Crippen LogP contribution in [0, 0.1) is 0 Å². The van der Waals surface area contributed by atoms with Crippen molar-refractivity contribution >= 4 is 17.7 Å². The molecule has 0 heterocycles. The fourth-order valence-corrected chi connectivity index (χ4v) is 2.49. The number of benzene rings is 1. The molecule has 0 fully saturated rings. The van der Waals surface area contributed by atoms with Gasteiger partial charge in [-0.05, 0) is 37.0 Å². The zero-order valence-corrected chi connectivity index (χ0v) is 11.7. The van der Waals surface area contributed by atoms with Crippen LogP contribution in [-0.2, 0) is 11.2 Å². The highest BCUT2D eigenvalue weighted by atomic mass is 32.2. The number of rotatable bonds is 7. The first kappa shape index (κ1) is 15.1. The highest BCUT2D eigenvalue weighted by molar-refractivity contribution is 7.99. The Morgan fingerprint density at radius 3 is 2.44 bits per heavy atom. The lowest BCUT2D eigenvalue weighted by atomic mass is 10.1. The maximum Gasteiger partial charge on any atom is 0.320 e. The fraction of sp³-hybridized carbons (Fsp3) is 0.500. The minimum absolute atomic E-state index is 0.526. The van der Waals surface area contributed by atoms with Crippen LogP contribution in [-0.4, -0.2) is 22.4 Å². The Bertz CT molecular complexity index is 376. The number of aryl methyl sites for hydroxylation is 1. The van der Waals surface area contributed by atoms with E-state index in [0.717, 1.165) is 12.8 Å². The number of carboxylic acid groups (broad SMARTS) is 1. The predicted octanol–water partition coefficient (Wildman–Crippen LogP) is 2.92. The molecule has 0 aliphatic heterocycles. The summed E-state index contributed by atoms with van der Waals surface area (Å²) in [4.78, 5) is 11.8. The molecule has 1 unspecified atom stereocenters. The highest BCUT2D eigenvalue weighted by Gasteiger charge is 2.10. The molecule has 0 aromatic heterocycles. The molecule has 100 valence electrons. The zero-order chi connectivity index (χ0) is 13.5. The fourth-order valence-electron chi connectivity index (χ4n) is 1.66. The summed E-state index contributed by atoms with van der Waals surface area (Å²) in [6.45, 7) is 4.34. The Labute approximate surface area is 113 Å². The van der Waals surface area contributed by atoms with Crippen molar-refractivity contribution in [2.45, 2.75) is 49.3 Å². The second-order valence-corrected chi connectivity index (χ2v) is 6.30. The van der Waals surface area contributed by atoms with Crippen LogP contribution in [0.4, 0.5) is 0 Å². The van der Waals surface area contributed by atoms with Gasteiger partial charge in [-0.15, -0.1) is 11.8 Å². The third kappa shape index (κ3) is 5.56. The van der Waals surface area contributed by atoms with E-state index in [1.54, 1.807) is 0 Å². The van der Waals surface area contributed by atoms with Gasteiger partial charge in [0, 0.05) is 10.1 Å². The minimum Gasteiger partial charge on any atom is -0.480 e. The number of nitrogens with two attached hydrogens (primary N) is 1. The number of hydrogen-bond acceptors (Lipinski definition) is 3. The van der Waals surface area contributed by atoms with E-state index in [-0.39, 0.29) is 0 Å². The Morgan fingerprint density at radius 2 is 1.94 bits per heavy atom. The molecule has 3 N–H and O–H groups in total. The van der Waals surface area contributed by atoms with Gasteiger partial charge < -0.3 is 10.8 Å². The SMILES string of the molecule is CC(C)Sc1ccc(CCCC(N)C(=O)O)cc1. The van der Waals surface area contributed by atoms with Crippen molar-refractivity contribution in [1.29, 1.82) is 0 Å². The lowest BCUT2D eigenvalue weighted by Gasteiger charge is -2.08. The van der Waals surface area contributed by atoms with Crippen molar-refractivity contribution in [2.24, 2.45) is 5.73 Å². The molecule has 0 radical (unpaired) electrons. The normalized spacial score (nSPS) is 12.7. The molecule has 0 saturated heterocycles. The van der Waals surface area contributed by atoms with Gasteiger partial charge in [0.1, 0.15) is 6.04 Å². The average Bonchev–Trinajstić information content (AvgIpc) is 2.30. The first-order chi connectivity index (χ1) is 8.49.